The number of fused-ring (bicyclic) bond motifs is 1. The van der Waals surface area contributed by atoms with Gasteiger partial charge in [0, 0.05) is 0 Å². The summed E-state index contributed by atoms with van der Waals surface area (Å²) >= 11 is 0. The fourth-order valence-electron chi connectivity index (χ4n) is 1.63. The molecule has 0 aromatic heterocycles. The molecule has 1 heteroatoms. The Labute approximate surface area is 90.1 Å². The quantitative estimate of drug-likeness (QED) is 0.676. The summed E-state index contributed by atoms with van der Waals surface area (Å²) in [6, 6.07) is 8.13. The first kappa shape index (κ1) is 9.91. The number of carbonyl (C=O) groups excluding carboxylic acids is 1. The highest BCUT2D eigenvalue weighted by Gasteiger charge is 2.24. The number of allylic oxidation sites excluding steroid dienone is 2. The van der Waals surface area contributed by atoms with Crippen LogP contribution in [0, 0.1) is 5.41 Å². The molecule has 0 fully saturated rings. The van der Waals surface area contributed by atoms with Gasteiger partial charge in [-0.25, -0.2) is 0 Å². The smallest absolute Gasteiger partial charge is 0.143 e. The molecule has 0 spiro atoms. The van der Waals surface area contributed by atoms with Crippen molar-refractivity contribution in [2.24, 2.45) is 5.41 Å². The summed E-state index contributed by atoms with van der Waals surface area (Å²) in [5.74, 6) is 0.169. The van der Waals surface area contributed by atoms with E-state index in [4.69, 9.17) is 0 Å². The zero-order chi connectivity index (χ0) is 10.9. The van der Waals surface area contributed by atoms with E-state index in [1.54, 1.807) is 6.92 Å². The Morgan fingerprint density at radius 2 is 1.53 bits per heavy atom. The molecule has 1 aliphatic carbocycles. The topological polar surface area (TPSA) is 17.1 Å². The highest BCUT2D eigenvalue weighted by Crippen LogP contribution is 2.28. The second kappa shape index (κ2) is 3.50. The van der Waals surface area contributed by atoms with E-state index in [1.165, 1.54) is 11.1 Å². The molecule has 0 bridgehead atoms. The van der Waals surface area contributed by atoms with Crippen molar-refractivity contribution in [3.05, 3.63) is 47.5 Å². The lowest BCUT2D eigenvalue weighted by Crippen LogP contribution is -2.19. The minimum absolute atomic E-state index is 0.169. The van der Waals surface area contributed by atoms with Crippen molar-refractivity contribution >= 4 is 17.9 Å². The molecule has 1 aliphatic rings. The molecule has 0 radical (unpaired) electrons. The molecule has 0 amide bonds. The van der Waals surface area contributed by atoms with Crippen LogP contribution >= 0.6 is 0 Å². The summed E-state index contributed by atoms with van der Waals surface area (Å²) in [5, 5.41) is 0. The molecular formula is C14H14O. The highest BCUT2D eigenvalue weighted by molar-refractivity contribution is 5.89. The maximum Gasteiger partial charge on any atom is 0.143 e. The molecular weight excluding hydrogens is 184 g/mol. The maximum atomic E-state index is 11.5. The van der Waals surface area contributed by atoms with E-state index in [9.17, 15) is 4.79 Å². The van der Waals surface area contributed by atoms with Crippen LogP contribution in [0.15, 0.2) is 36.4 Å². The van der Waals surface area contributed by atoms with Crippen LogP contribution in [-0.4, -0.2) is 5.78 Å². The fourth-order valence-corrected chi connectivity index (χ4v) is 1.63. The van der Waals surface area contributed by atoms with Crippen LogP contribution in [0.3, 0.4) is 0 Å². The SMILES string of the molecule is CC(=O)C1(C)C=Cc2ccccc2C=C1. The first-order valence-electron chi connectivity index (χ1n) is 5.10. The Bertz CT molecular complexity index is 419. The lowest BCUT2D eigenvalue weighted by atomic mass is 9.86. The standard InChI is InChI=1S/C14H14O/c1-11(15)14(2)9-7-12-5-3-4-6-13(12)8-10-14/h3-10H,1-2H3. The zero-order valence-corrected chi connectivity index (χ0v) is 9.03. The molecule has 0 aliphatic heterocycles. The number of rotatable bonds is 1. The molecule has 0 N–H and O–H groups in total. The van der Waals surface area contributed by atoms with E-state index < -0.39 is 5.41 Å². The number of hydrogen-bond acceptors (Lipinski definition) is 1. The van der Waals surface area contributed by atoms with Crippen LogP contribution in [0.4, 0.5) is 0 Å². The van der Waals surface area contributed by atoms with Crippen molar-refractivity contribution in [3.8, 4) is 0 Å². The van der Waals surface area contributed by atoms with Gasteiger partial charge in [0.25, 0.3) is 0 Å². The molecule has 0 saturated heterocycles. The molecule has 0 unspecified atom stereocenters. The van der Waals surface area contributed by atoms with Gasteiger partial charge in [-0.3, -0.25) is 4.79 Å². The summed E-state index contributed by atoms with van der Waals surface area (Å²) in [5.41, 5.74) is 1.87. The monoisotopic (exact) mass is 198 g/mol. The number of benzene rings is 1. The van der Waals surface area contributed by atoms with Gasteiger partial charge in [0.1, 0.15) is 5.78 Å². The largest absolute Gasteiger partial charge is 0.299 e. The van der Waals surface area contributed by atoms with E-state index in [2.05, 4.69) is 12.1 Å². The van der Waals surface area contributed by atoms with E-state index in [0.717, 1.165) is 0 Å². The first-order chi connectivity index (χ1) is 7.12. The minimum atomic E-state index is -0.459. The van der Waals surface area contributed by atoms with Crippen molar-refractivity contribution < 1.29 is 4.79 Å². The summed E-state index contributed by atoms with van der Waals surface area (Å²) in [6.45, 7) is 3.57. The van der Waals surface area contributed by atoms with E-state index in [0.29, 0.717) is 0 Å². The zero-order valence-electron chi connectivity index (χ0n) is 9.03. The Morgan fingerprint density at radius 1 is 1.07 bits per heavy atom. The van der Waals surface area contributed by atoms with Gasteiger partial charge in [-0.1, -0.05) is 48.6 Å². The molecule has 76 valence electrons. The summed E-state index contributed by atoms with van der Waals surface area (Å²) in [4.78, 5) is 11.5. The summed E-state index contributed by atoms with van der Waals surface area (Å²) in [6.07, 6.45) is 7.99. The molecule has 2 rings (SSSR count). The molecule has 0 heterocycles. The molecule has 1 nitrogen and oxygen atoms in total. The van der Waals surface area contributed by atoms with Gasteiger partial charge in [0.2, 0.25) is 0 Å². The summed E-state index contributed by atoms with van der Waals surface area (Å²) < 4.78 is 0. The maximum absolute atomic E-state index is 11.5. The van der Waals surface area contributed by atoms with Crippen molar-refractivity contribution in [3.63, 3.8) is 0 Å². The molecule has 0 atom stereocenters. The minimum Gasteiger partial charge on any atom is -0.299 e. The molecule has 1 aromatic carbocycles. The van der Waals surface area contributed by atoms with Gasteiger partial charge in [-0.2, -0.15) is 0 Å². The van der Waals surface area contributed by atoms with Gasteiger partial charge < -0.3 is 0 Å². The lowest BCUT2D eigenvalue weighted by Gasteiger charge is -2.16. The second-order valence-corrected chi connectivity index (χ2v) is 4.13. The highest BCUT2D eigenvalue weighted by atomic mass is 16.1. The van der Waals surface area contributed by atoms with Gasteiger partial charge >= 0.3 is 0 Å². The van der Waals surface area contributed by atoms with Crippen LogP contribution in [0.2, 0.25) is 0 Å². The van der Waals surface area contributed by atoms with Gasteiger partial charge in [-0.15, -0.1) is 0 Å². The van der Waals surface area contributed by atoms with Crippen LogP contribution in [0.25, 0.3) is 12.2 Å². The Hall–Kier alpha value is -1.63. The predicted molar refractivity (Wildman–Crippen MR) is 63.3 cm³/mol. The van der Waals surface area contributed by atoms with E-state index >= 15 is 0 Å². The van der Waals surface area contributed by atoms with Crippen LogP contribution in [0.5, 0.6) is 0 Å². The van der Waals surface area contributed by atoms with Gasteiger partial charge in [0.15, 0.2) is 0 Å². The van der Waals surface area contributed by atoms with Gasteiger partial charge in [-0.05, 0) is 25.0 Å². The van der Waals surface area contributed by atoms with Crippen LogP contribution in [0.1, 0.15) is 25.0 Å². The molecule has 15 heavy (non-hydrogen) atoms. The molecule has 0 saturated carbocycles. The Kier molecular flexibility index (Phi) is 2.31. The Balaban J connectivity index is 2.51. The number of Topliss-reactive ketones (excluding diaryl/α,β-unsaturated/α-hetero) is 1. The van der Waals surface area contributed by atoms with Crippen molar-refractivity contribution in [1.82, 2.24) is 0 Å². The number of carbonyl (C=O) groups is 1. The predicted octanol–water partition coefficient (Wildman–Crippen LogP) is 3.32. The number of ketones is 1. The Morgan fingerprint density at radius 3 is 1.93 bits per heavy atom. The fraction of sp³-hybridized carbons (Fsp3) is 0.214. The van der Waals surface area contributed by atoms with E-state index in [1.807, 2.05) is 43.4 Å². The normalized spacial score (nSPS) is 16.9. The van der Waals surface area contributed by atoms with Crippen LogP contribution < -0.4 is 0 Å². The number of hydrogen-bond donors (Lipinski definition) is 0. The molecule has 1 aromatic rings. The average Bonchev–Trinajstić information content (AvgIpc) is 2.40. The second-order valence-electron chi connectivity index (χ2n) is 4.13. The third-order valence-corrected chi connectivity index (χ3v) is 2.97. The third kappa shape index (κ3) is 1.78. The lowest BCUT2D eigenvalue weighted by molar-refractivity contribution is -0.121. The first-order valence-corrected chi connectivity index (χ1v) is 5.10. The summed E-state index contributed by atoms with van der Waals surface area (Å²) in [7, 11) is 0. The average molecular weight is 198 g/mol. The van der Waals surface area contributed by atoms with Crippen molar-refractivity contribution in [2.45, 2.75) is 13.8 Å². The van der Waals surface area contributed by atoms with Crippen molar-refractivity contribution in [1.29, 1.82) is 0 Å². The van der Waals surface area contributed by atoms with Crippen molar-refractivity contribution in [2.75, 3.05) is 0 Å². The van der Waals surface area contributed by atoms with E-state index in [-0.39, 0.29) is 5.78 Å². The third-order valence-electron chi connectivity index (χ3n) is 2.97. The van der Waals surface area contributed by atoms with Gasteiger partial charge in [0.05, 0.1) is 5.41 Å². The van der Waals surface area contributed by atoms with Crippen LogP contribution in [-0.2, 0) is 4.79 Å².